The van der Waals surface area contributed by atoms with Crippen LogP contribution in [0.25, 0.3) is 0 Å². The number of nitrogens with zero attached hydrogens (tertiary/aromatic N) is 1. The first-order valence-corrected chi connectivity index (χ1v) is 8.32. The molecule has 21 heavy (non-hydrogen) atoms. The zero-order valence-electron chi connectivity index (χ0n) is 14.8. The topological polar surface area (TPSA) is 15.3 Å². The normalized spacial score (nSPS) is 13.4. The van der Waals surface area contributed by atoms with E-state index in [2.05, 4.69) is 76.3 Å². The van der Waals surface area contributed by atoms with Crippen LogP contribution in [0.15, 0.2) is 24.3 Å². The van der Waals surface area contributed by atoms with E-state index in [1.54, 1.807) is 0 Å². The van der Waals surface area contributed by atoms with Crippen LogP contribution in [-0.2, 0) is 13.0 Å². The van der Waals surface area contributed by atoms with Crippen LogP contribution < -0.4 is 5.32 Å². The van der Waals surface area contributed by atoms with Crippen molar-refractivity contribution in [3.05, 3.63) is 35.4 Å². The van der Waals surface area contributed by atoms with Crippen molar-refractivity contribution >= 4 is 0 Å². The summed E-state index contributed by atoms with van der Waals surface area (Å²) in [6.07, 6.45) is 2.40. The van der Waals surface area contributed by atoms with E-state index < -0.39 is 0 Å². The molecule has 120 valence electrons. The van der Waals surface area contributed by atoms with Gasteiger partial charge in [-0.05, 0) is 49.9 Å². The summed E-state index contributed by atoms with van der Waals surface area (Å²) >= 11 is 0. The second-order valence-electron chi connectivity index (χ2n) is 7.38. The summed E-state index contributed by atoms with van der Waals surface area (Å²) < 4.78 is 0. The van der Waals surface area contributed by atoms with Gasteiger partial charge >= 0.3 is 0 Å². The van der Waals surface area contributed by atoms with Crippen LogP contribution in [0.3, 0.4) is 0 Å². The predicted molar refractivity (Wildman–Crippen MR) is 93.6 cm³/mol. The molecule has 0 aliphatic heterocycles. The fourth-order valence-corrected chi connectivity index (χ4v) is 2.76. The number of hydrogen-bond donors (Lipinski definition) is 1. The molecule has 0 amide bonds. The van der Waals surface area contributed by atoms with E-state index in [0.717, 1.165) is 24.9 Å². The summed E-state index contributed by atoms with van der Waals surface area (Å²) in [4.78, 5) is 2.27. The van der Waals surface area contributed by atoms with Gasteiger partial charge in [0.05, 0.1) is 0 Å². The van der Waals surface area contributed by atoms with E-state index in [-0.39, 0.29) is 0 Å². The van der Waals surface area contributed by atoms with Gasteiger partial charge in [0.2, 0.25) is 0 Å². The molecule has 0 saturated carbocycles. The zero-order chi connectivity index (χ0) is 15.8. The summed E-state index contributed by atoms with van der Waals surface area (Å²) in [6, 6.07) is 9.66. The minimum atomic E-state index is 0.565. The number of benzene rings is 1. The summed E-state index contributed by atoms with van der Waals surface area (Å²) in [6.45, 7) is 11.2. The van der Waals surface area contributed by atoms with Crippen molar-refractivity contribution in [2.24, 2.45) is 11.8 Å². The van der Waals surface area contributed by atoms with E-state index in [4.69, 9.17) is 0 Å². The molecule has 0 heterocycles. The molecule has 0 spiro atoms. The maximum absolute atomic E-state index is 3.72. The molecule has 1 atom stereocenters. The first-order chi connectivity index (χ1) is 9.86. The second kappa shape index (κ2) is 9.22. The SMILES string of the molecule is CC(C)Cc1ccc(CNC(CC(C)C)CN(C)C)cc1. The Bertz CT molecular complexity index is 369. The van der Waals surface area contributed by atoms with Gasteiger partial charge in [0, 0.05) is 19.1 Å². The van der Waals surface area contributed by atoms with Gasteiger partial charge in [0.1, 0.15) is 0 Å². The van der Waals surface area contributed by atoms with Gasteiger partial charge in [-0.1, -0.05) is 52.0 Å². The smallest absolute Gasteiger partial charge is 0.0208 e. The summed E-state index contributed by atoms with van der Waals surface area (Å²) in [7, 11) is 4.30. The van der Waals surface area contributed by atoms with Gasteiger partial charge in [-0.15, -0.1) is 0 Å². The van der Waals surface area contributed by atoms with E-state index in [1.165, 1.54) is 24.0 Å². The maximum Gasteiger partial charge on any atom is 0.0208 e. The van der Waals surface area contributed by atoms with Crippen molar-refractivity contribution in [2.75, 3.05) is 20.6 Å². The molecule has 1 aromatic rings. The minimum absolute atomic E-state index is 0.565. The van der Waals surface area contributed by atoms with E-state index in [0.29, 0.717) is 6.04 Å². The lowest BCUT2D eigenvalue weighted by atomic mass is 10.0. The van der Waals surface area contributed by atoms with Gasteiger partial charge in [-0.25, -0.2) is 0 Å². The molecule has 0 saturated heterocycles. The van der Waals surface area contributed by atoms with Gasteiger partial charge in [0.15, 0.2) is 0 Å². The predicted octanol–water partition coefficient (Wildman–Crippen LogP) is 3.95. The Labute approximate surface area is 131 Å². The monoisotopic (exact) mass is 290 g/mol. The summed E-state index contributed by atoms with van der Waals surface area (Å²) in [5.41, 5.74) is 2.83. The summed E-state index contributed by atoms with van der Waals surface area (Å²) in [5, 5.41) is 3.72. The van der Waals surface area contributed by atoms with E-state index in [9.17, 15) is 0 Å². The van der Waals surface area contributed by atoms with E-state index in [1.807, 2.05) is 0 Å². The van der Waals surface area contributed by atoms with Crippen LogP contribution in [0.1, 0.15) is 45.2 Å². The lowest BCUT2D eigenvalue weighted by Gasteiger charge is -2.24. The molecule has 0 aromatic heterocycles. The Morgan fingerprint density at radius 2 is 1.48 bits per heavy atom. The molecular weight excluding hydrogens is 256 g/mol. The van der Waals surface area contributed by atoms with Crippen LogP contribution in [0.5, 0.6) is 0 Å². The highest BCUT2D eigenvalue weighted by molar-refractivity contribution is 5.22. The highest BCUT2D eigenvalue weighted by atomic mass is 15.1. The van der Waals surface area contributed by atoms with Crippen molar-refractivity contribution < 1.29 is 0 Å². The molecule has 1 aromatic carbocycles. The molecule has 0 bridgehead atoms. The Hall–Kier alpha value is -0.860. The number of rotatable bonds is 9. The minimum Gasteiger partial charge on any atom is -0.309 e. The standard InChI is InChI=1S/C19H34N2/c1-15(2)11-17-7-9-18(10-8-17)13-20-19(12-16(3)4)14-21(5)6/h7-10,15-16,19-20H,11-14H2,1-6H3. The zero-order valence-corrected chi connectivity index (χ0v) is 14.8. The molecule has 0 fully saturated rings. The van der Waals surface area contributed by atoms with Crippen molar-refractivity contribution in [3.8, 4) is 0 Å². The molecule has 0 aliphatic carbocycles. The Morgan fingerprint density at radius 3 is 1.95 bits per heavy atom. The highest BCUT2D eigenvalue weighted by Crippen LogP contribution is 2.11. The van der Waals surface area contributed by atoms with Gasteiger partial charge in [-0.2, -0.15) is 0 Å². The Morgan fingerprint density at radius 1 is 0.905 bits per heavy atom. The molecule has 1 N–H and O–H groups in total. The first-order valence-electron chi connectivity index (χ1n) is 8.32. The van der Waals surface area contributed by atoms with E-state index >= 15 is 0 Å². The third kappa shape index (κ3) is 8.23. The number of hydrogen-bond acceptors (Lipinski definition) is 2. The van der Waals surface area contributed by atoms with Crippen LogP contribution in [0.4, 0.5) is 0 Å². The van der Waals surface area contributed by atoms with Crippen LogP contribution >= 0.6 is 0 Å². The lowest BCUT2D eigenvalue weighted by Crippen LogP contribution is -2.38. The van der Waals surface area contributed by atoms with Crippen LogP contribution in [-0.4, -0.2) is 31.6 Å². The molecule has 0 aliphatic rings. The lowest BCUT2D eigenvalue weighted by molar-refractivity contribution is 0.305. The third-order valence-electron chi connectivity index (χ3n) is 3.60. The fourth-order valence-electron chi connectivity index (χ4n) is 2.76. The first kappa shape index (κ1) is 18.2. The van der Waals surface area contributed by atoms with Crippen molar-refractivity contribution in [3.63, 3.8) is 0 Å². The number of likely N-dealkylation sites (N-methyl/N-ethyl adjacent to an activating group) is 1. The van der Waals surface area contributed by atoms with Gasteiger partial charge in [-0.3, -0.25) is 0 Å². The highest BCUT2D eigenvalue weighted by Gasteiger charge is 2.11. The van der Waals surface area contributed by atoms with Gasteiger partial charge < -0.3 is 10.2 Å². The van der Waals surface area contributed by atoms with Crippen molar-refractivity contribution in [1.82, 2.24) is 10.2 Å². The molecule has 0 radical (unpaired) electrons. The molecule has 2 heteroatoms. The van der Waals surface area contributed by atoms with Crippen molar-refractivity contribution in [1.29, 1.82) is 0 Å². The Balaban J connectivity index is 2.50. The quantitative estimate of drug-likeness (QED) is 0.741. The maximum atomic E-state index is 3.72. The fraction of sp³-hybridized carbons (Fsp3) is 0.684. The average molecular weight is 290 g/mol. The molecule has 1 rings (SSSR count). The summed E-state index contributed by atoms with van der Waals surface area (Å²) in [5.74, 6) is 1.46. The number of nitrogens with one attached hydrogen (secondary N) is 1. The molecule has 2 nitrogen and oxygen atoms in total. The molecule has 1 unspecified atom stereocenters. The van der Waals surface area contributed by atoms with Gasteiger partial charge in [0.25, 0.3) is 0 Å². The van der Waals surface area contributed by atoms with Crippen LogP contribution in [0, 0.1) is 11.8 Å². The molecular formula is C19H34N2. The average Bonchev–Trinajstić information content (AvgIpc) is 2.35. The third-order valence-corrected chi connectivity index (χ3v) is 3.60. The van der Waals surface area contributed by atoms with Crippen molar-refractivity contribution in [2.45, 2.75) is 53.1 Å². The van der Waals surface area contributed by atoms with Crippen LogP contribution in [0.2, 0.25) is 0 Å². The second-order valence-corrected chi connectivity index (χ2v) is 7.38. The Kier molecular flexibility index (Phi) is 7.98. The largest absolute Gasteiger partial charge is 0.309 e.